The quantitative estimate of drug-likeness (QED) is 0.815. The first-order valence-electron chi connectivity index (χ1n) is 7.81. The molecular weight excluding hydrogens is 258 g/mol. The van der Waals surface area contributed by atoms with Gasteiger partial charge in [0.25, 0.3) is 0 Å². The molecule has 1 saturated carbocycles. The first kappa shape index (κ1) is 14.2. The van der Waals surface area contributed by atoms with Gasteiger partial charge in [0.15, 0.2) is 0 Å². The van der Waals surface area contributed by atoms with Crippen molar-refractivity contribution in [2.45, 2.75) is 32.4 Å². The van der Waals surface area contributed by atoms with Gasteiger partial charge < -0.3 is 10.1 Å². The van der Waals surface area contributed by atoms with Crippen LogP contribution in [0.25, 0.3) is 0 Å². The molecule has 1 N–H and O–H groups in total. The minimum Gasteiger partial charge on any atom is -0.489 e. The molecule has 1 aliphatic carbocycles. The van der Waals surface area contributed by atoms with Crippen LogP contribution in [0, 0.1) is 5.92 Å². The fourth-order valence-corrected chi connectivity index (χ4v) is 2.38. The van der Waals surface area contributed by atoms with Crippen molar-refractivity contribution in [1.82, 2.24) is 5.32 Å². The first-order chi connectivity index (χ1) is 10.3. The number of nitrogens with one attached hydrogen (secondary N) is 1. The van der Waals surface area contributed by atoms with Gasteiger partial charge in [0.05, 0.1) is 0 Å². The van der Waals surface area contributed by atoms with Crippen molar-refractivity contribution in [3.63, 3.8) is 0 Å². The lowest BCUT2D eigenvalue weighted by Gasteiger charge is -2.14. The Morgan fingerprint density at radius 3 is 2.43 bits per heavy atom. The summed E-state index contributed by atoms with van der Waals surface area (Å²) in [5, 5.41) is 3.60. The van der Waals surface area contributed by atoms with Crippen LogP contribution in [0.4, 0.5) is 0 Å². The van der Waals surface area contributed by atoms with Gasteiger partial charge in [-0.05, 0) is 55.5 Å². The van der Waals surface area contributed by atoms with E-state index in [2.05, 4.69) is 48.6 Å². The highest BCUT2D eigenvalue weighted by molar-refractivity contribution is 5.29. The lowest BCUT2D eigenvalue weighted by Crippen LogP contribution is -2.20. The molecule has 0 aromatic heterocycles. The van der Waals surface area contributed by atoms with Crippen LogP contribution in [-0.4, -0.2) is 6.54 Å². The van der Waals surface area contributed by atoms with Gasteiger partial charge in [-0.1, -0.05) is 42.5 Å². The topological polar surface area (TPSA) is 21.3 Å². The zero-order chi connectivity index (χ0) is 14.5. The SMILES string of the molecule is CC(NCC1CC1)c1ccc(OCc2ccccc2)cc1. The molecule has 2 aromatic rings. The summed E-state index contributed by atoms with van der Waals surface area (Å²) in [7, 11) is 0. The zero-order valence-electron chi connectivity index (χ0n) is 12.6. The predicted octanol–water partition coefficient (Wildman–Crippen LogP) is 4.33. The van der Waals surface area contributed by atoms with Gasteiger partial charge in [0, 0.05) is 6.04 Å². The normalized spacial score (nSPS) is 15.7. The van der Waals surface area contributed by atoms with Crippen molar-refractivity contribution in [3.05, 3.63) is 65.7 Å². The summed E-state index contributed by atoms with van der Waals surface area (Å²) in [6.45, 7) is 3.99. The van der Waals surface area contributed by atoms with Gasteiger partial charge in [-0.15, -0.1) is 0 Å². The van der Waals surface area contributed by atoms with E-state index in [1.807, 2.05) is 18.2 Å². The molecule has 110 valence electrons. The maximum Gasteiger partial charge on any atom is 0.119 e. The van der Waals surface area contributed by atoms with E-state index in [1.54, 1.807) is 0 Å². The van der Waals surface area contributed by atoms with Gasteiger partial charge in [0.2, 0.25) is 0 Å². The van der Waals surface area contributed by atoms with Gasteiger partial charge in [0.1, 0.15) is 12.4 Å². The Kier molecular flexibility index (Phi) is 4.56. The zero-order valence-corrected chi connectivity index (χ0v) is 12.6. The third kappa shape index (κ3) is 4.33. The highest BCUT2D eigenvalue weighted by atomic mass is 16.5. The number of ether oxygens (including phenoxy) is 1. The summed E-state index contributed by atoms with van der Waals surface area (Å²) in [6.07, 6.45) is 2.79. The third-order valence-electron chi connectivity index (χ3n) is 4.04. The first-order valence-corrected chi connectivity index (χ1v) is 7.81. The molecule has 21 heavy (non-hydrogen) atoms. The third-order valence-corrected chi connectivity index (χ3v) is 4.04. The van der Waals surface area contributed by atoms with Crippen LogP contribution in [0.15, 0.2) is 54.6 Å². The Morgan fingerprint density at radius 2 is 1.76 bits per heavy atom. The van der Waals surface area contributed by atoms with Crippen LogP contribution >= 0.6 is 0 Å². The molecule has 0 bridgehead atoms. The lowest BCUT2D eigenvalue weighted by atomic mass is 10.1. The summed E-state index contributed by atoms with van der Waals surface area (Å²) in [6, 6.07) is 19.1. The summed E-state index contributed by atoms with van der Waals surface area (Å²) in [5.74, 6) is 1.85. The van der Waals surface area contributed by atoms with Crippen molar-refractivity contribution in [1.29, 1.82) is 0 Å². The van der Waals surface area contributed by atoms with E-state index in [9.17, 15) is 0 Å². The Balaban J connectivity index is 1.51. The number of hydrogen-bond acceptors (Lipinski definition) is 2. The average molecular weight is 281 g/mol. The molecule has 2 nitrogen and oxygen atoms in total. The van der Waals surface area contributed by atoms with E-state index in [4.69, 9.17) is 4.74 Å². The highest BCUT2D eigenvalue weighted by Crippen LogP contribution is 2.28. The molecule has 2 aromatic carbocycles. The molecule has 0 radical (unpaired) electrons. The van der Waals surface area contributed by atoms with Gasteiger partial charge in [-0.25, -0.2) is 0 Å². The van der Waals surface area contributed by atoms with Crippen LogP contribution < -0.4 is 10.1 Å². The second-order valence-electron chi connectivity index (χ2n) is 5.92. The van der Waals surface area contributed by atoms with E-state index in [0.29, 0.717) is 12.6 Å². The smallest absolute Gasteiger partial charge is 0.119 e. The Labute approximate surface area is 127 Å². The fourth-order valence-electron chi connectivity index (χ4n) is 2.38. The van der Waals surface area contributed by atoms with Crippen molar-refractivity contribution >= 4 is 0 Å². The number of rotatable bonds is 7. The van der Waals surface area contributed by atoms with E-state index in [1.165, 1.54) is 24.0 Å². The lowest BCUT2D eigenvalue weighted by molar-refractivity contribution is 0.306. The molecule has 0 heterocycles. The van der Waals surface area contributed by atoms with Crippen LogP contribution in [0.1, 0.15) is 36.9 Å². The Morgan fingerprint density at radius 1 is 1.05 bits per heavy atom. The van der Waals surface area contributed by atoms with Crippen LogP contribution in [-0.2, 0) is 6.61 Å². The second kappa shape index (κ2) is 6.77. The average Bonchev–Trinajstić information content (AvgIpc) is 3.36. The molecule has 1 aliphatic rings. The standard InChI is InChI=1S/C19H23NO/c1-15(20-13-16-7-8-16)18-9-11-19(12-10-18)21-14-17-5-3-2-4-6-17/h2-6,9-12,15-16,20H,7-8,13-14H2,1H3. The summed E-state index contributed by atoms with van der Waals surface area (Å²) >= 11 is 0. The van der Waals surface area contributed by atoms with Crippen LogP contribution in [0.3, 0.4) is 0 Å². The van der Waals surface area contributed by atoms with Crippen LogP contribution in [0.5, 0.6) is 5.75 Å². The fraction of sp³-hybridized carbons (Fsp3) is 0.368. The van der Waals surface area contributed by atoms with E-state index >= 15 is 0 Å². The molecule has 0 aliphatic heterocycles. The van der Waals surface area contributed by atoms with E-state index < -0.39 is 0 Å². The molecule has 2 heteroatoms. The summed E-state index contributed by atoms with van der Waals surface area (Å²) in [4.78, 5) is 0. The maximum atomic E-state index is 5.81. The molecule has 1 unspecified atom stereocenters. The van der Waals surface area contributed by atoms with Crippen molar-refractivity contribution in [2.75, 3.05) is 6.54 Å². The summed E-state index contributed by atoms with van der Waals surface area (Å²) < 4.78 is 5.81. The van der Waals surface area contributed by atoms with Gasteiger partial charge in [-0.2, -0.15) is 0 Å². The van der Waals surface area contributed by atoms with E-state index in [0.717, 1.165) is 18.2 Å². The maximum absolute atomic E-state index is 5.81. The number of benzene rings is 2. The molecule has 3 rings (SSSR count). The highest BCUT2D eigenvalue weighted by Gasteiger charge is 2.21. The van der Waals surface area contributed by atoms with Crippen molar-refractivity contribution < 1.29 is 4.74 Å². The molecule has 1 fully saturated rings. The Hall–Kier alpha value is -1.80. The molecular formula is C19H23NO. The van der Waals surface area contributed by atoms with Crippen molar-refractivity contribution in [3.8, 4) is 5.75 Å². The van der Waals surface area contributed by atoms with Crippen LogP contribution in [0.2, 0.25) is 0 Å². The number of hydrogen-bond donors (Lipinski definition) is 1. The predicted molar refractivity (Wildman–Crippen MR) is 86.4 cm³/mol. The minimum absolute atomic E-state index is 0.411. The molecule has 1 atom stereocenters. The van der Waals surface area contributed by atoms with Gasteiger partial charge in [-0.3, -0.25) is 0 Å². The minimum atomic E-state index is 0.411. The summed E-state index contributed by atoms with van der Waals surface area (Å²) in [5.41, 5.74) is 2.52. The largest absolute Gasteiger partial charge is 0.489 e. The second-order valence-corrected chi connectivity index (χ2v) is 5.92. The van der Waals surface area contributed by atoms with E-state index in [-0.39, 0.29) is 0 Å². The molecule has 0 spiro atoms. The van der Waals surface area contributed by atoms with Gasteiger partial charge >= 0.3 is 0 Å². The molecule has 0 amide bonds. The monoisotopic (exact) mass is 281 g/mol. The van der Waals surface area contributed by atoms with Crippen molar-refractivity contribution in [2.24, 2.45) is 5.92 Å². The Bertz CT molecular complexity index is 546. The molecule has 0 saturated heterocycles.